The van der Waals surface area contributed by atoms with Crippen molar-refractivity contribution in [3.63, 3.8) is 0 Å². The lowest BCUT2D eigenvalue weighted by atomic mass is 10.1. The molecule has 0 radical (unpaired) electrons. The molecule has 0 bridgehead atoms. The van der Waals surface area contributed by atoms with Gasteiger partial charge in [0.25, 0.3) is 5.56 Å². The summed E-state index contributed by atoms with van der Waals surface area (Å²) in [5.41, 5.74) is 2.87. The van der Waals surface area contributed by atoms with E-state index in [0.29, 0.717) is 42.1 Å². The fourth-order valence-electron chi connectivity index (χ4n) is 4.61. The molecule has 0 N–H and O–H groups in total. The molecular formula is C26H25FN4O3S. The Balaban J connectivity index is 1.43. The summed E-state index contributed by atoms with van der Waals surface area (Å²) < 4.78 is 16.3. The van der Waals surface area contributed by atoms with Crippen LogP contribution in [0.4, 0.5) is 10.1 Å². The minimum atomic E-state index is -0.522. The lowest BCUT2D eigenvalue weighted by Gasteiger charge is -2.36. The van der Waals surface area contributed by atoms with Crippen LogP contribution in [0.5, 0.6) is 0 Å². The lowest BCUT2D eigenvalue weighted by Crippen LogP contribution is -2.50. The van der Waals surface area contributed by atoms with E-state index >= 15 is 0 Å². The van der Waals surface area contributed by atoms with Crippen LogP contribution in [0, 0.1) is 19.7 Å². The molecule has 0 atom stereocenters. The molecule has 0 unspecified atom stereocenters. The van der Waals surface area contributed by atoms with E-state index in [1.54, 1.807) is 34.5 Å². The highest BCUT2D eigenvalue weighted by molar-refractivity contribution is 7.17. The quantitative estimate of drug-likeness (QED) is 0.438. The Labute approximate surface area is 205 Å². The molecule has 180 valence electrons. The summed E-state index contributed by atoms with van der Waals surface area (Å²) in [6, 6.07) is 13.6. The summed E-state index contributed by atoms with van der Waals surface area (Å²) in [4.78, 5) is 43.8. The molecule has 9 heteroatoms. The second kappa shape index (κ2) is 9.14. The molecule has 3 heterocycles. The summed E-state index contributed by atoms with van der Waals surface area (Å²) in [6.45, 7) is 5.89. The predicted octanol–water partition coefficient (Wildman–Crippen LogP) is 3.32. The molecule has 4 aromatic rings. The number of piperazine rings is 1. The molecule has 1 aliphatic rings. The first-order valence-electron chi connectivity index (χ1n) is 11.4. The zero-order valence-corrected chi connectivity index (χ0v) is 20.3. The van der Waals surface area contributed by atoms with Gasteiger partial charge >= 0.3 is 5.69 Å². The van der Waals surface area contributed by atoms with E-state index in [1.807, 2.05) is 26.0 Å². The molecule has 7 nitrogen and oxygen atoms in total. The van der Waals surface area contributed by atoms with Crippen LogP contribution in [0.25, 0.3) is 15.9 Å². The van der Waals surface area contributed by atoms with Gasteiger partial charge in [-0.25, -0.2) is 13.8 Å². The third-order valence-corrected chi connectivity index (χ3v) is 7.36. The van der Waals surface area contributed by atoms with E-state index in [1.165, 1.54) is 32.6 Å². The SMILES string of the molecule is Cc1ccc(-n2c(=O)c3sccc3n(CC(=O)N3CCN(c4ccc(F)cc4)CC3)c2=O)c(C)c1. The van der Waals surface area contributed by atoms with Gasteiger partial charge in [0, 0.05) is 31.9 Å². The van der Waals surface area contributed by atoms with Crippen LogP contribution in [0.15, 0.2) is 63.5 Å². The number of fused-ring (bicyclic) bond motifs is 1. The number of hydrogen-bond acceptors (Lipinski definition) is 5. The number of nitrogens with zero attached hydrogens (tertiary/aromatic N) is 4. The van der Waals surface area contributed by atoms with Crippen LogP contribution in [0.2, 0.25) is 0 Å². The van der Waals surface area contributed by atoms with Crippen LogP contribution in [-0.4, -0.2) is 46.1 Å². The first-order chi connectivity index (χ1) is 16.8. The smallest absolute Gasteiger partial charge is 0.336 e. The molecule has 5 rings (SSSR count). The number of thiophene rings is 1. The normalized spacial score (nSPS) is 14.0. The molecule has 1 saturated heterocycles. The number of carbonyl (C=O) groups is 1. The molecule has 1 amide bonds. The average Bonchev–Trinajstić information content (AvgIpc) is 3.34. The molecular weight excluding hydrogens is 467 g/mol. The predicted molar refractivity (Wildman–Crippen MR) is 136 cm³/mol. The summed E-state index contributed by atoms with van der Waals surface area (Å²) >= 11 is 1.26. The maximum atomic E-state index is 13.5. The number of aromatic nitrogens is 2. The summed E-state index contributed by atoms with van der Waals surface area (Å²) in [5, 5.41) is 1.76. The fraction of sp³-hybridized carbons (Fsp3) is 0.269. The lowest BCUT2D eigenvalue weighted by molar-refractivity contribution is -0.132. The zero-order chi connectivity index (χ0) is 24.7. The Morgan fingerprint density at radius 2 is 1.69 bits per heavy atom. The van der Waals surface area contributed by atoms with Crippen LogP contribution in [0.3, 0.4) is 0 Å². The van der Waals surface area contributed by atoms with Gasteiger partial charge in [-0.15, -0.1) is 11.3 Å². The minimum Gasteiger partial charge on any atom is -0.368 e. The van der Waals surface area contributed by atoms with Gasteiger partial charge in [-0.2, -0.15) is 0 Å². The van der Waals surface area contributed by atoms with Crippen molar-refractivity contribution in [3.05, 3.63) is 91.7 Å². The maximum absolute atomic E-state index is 13.5. The zero-order valence-electron chi connectivity index (χ0n) is 19.5. The highest BCUT2D eigenvalue weighted by Gasteiger charge is 2.24. The van der Waals surface area contributed by atoms with Crippen LogP contribution in [-0.2, 0) is 11.3 Å². The summed E-state index contributed by atoms with van der Waals surface area (Å²) in [5.74, 6) is -0.459. The van der Waals surface area contributed by atoms with E-state index < -0.39 is 5.69 Å². The van der Waals surface area contributed by atoms with Crippen molar-refractivity contribution in [3.8, 4) is 5.69 Å². The molecule has 2 aromatic carbocycles. The molecule has 2 aromatic heterocycles. The number of benzene rings is 2. The Hall–Kier alpha value is -3.72. The van der Waals surface area contributed by atoms with Crippen molar-refractivity contribution < 1.29 is 9.18 Å². The van der Waals surface area contributed by atoms with Crippen LogP contribution in [0.1, 0.15) is 11.1 Å². The van der Waals surface area contributed by atoms with Gasteiger partial charge < -0.3 is 9.80 Å². The fourth-order valence-corrected chi connectivity index (χ4v) is 5.43. The molecule has 35 heavy (non-hydrogen) atoms. The van der Waals surface area contributed by atoms with Gasteiger partial charge in [0.15, 0.2) is 0 Å². The van der Waals surface area contributed by atoms with Gasteiger partial charge in [-0.3, -0.25) is 14.2 Å². The third-order valence-electron chi connectivity index (χ3n) is 6.47. The number of aryl methyl sites for hydroxylation is 2. The third kappa shape index (κ3) is 4.27. The van der Waals surface area contributed by atoms with Crippen molar-refractivity contribution in [1.29, 1.82) is 0 Å². The van der Waals surface area contributed by atoms with E-state index in [9.17, 15) is 18.8 Å². The van der Waals surface area contributed by atoms with E-state index in [0.717, 1.165) is 16.8 Å². The van der Waals surface area contributed by atoms with E-state index in [4.69, 9.17) is 0 Å². The van der Waals surface area contributed by atoms with E-state index in [-0.39, 0.29) is 23.8 Å². The van der Waals surface area contributed by atoms with Crippen molar-refractivity contribution >= 4 is 33.1 Å². The van der Waals surface area contributed by atoms with Gasteiger partial charge in [0.2, 0.25) is 5.91 Å². The molecule has 1 fully saturated rings. The maximum Gasteiger partial charge on any atom is 0.336 e. The molecule has 0 spiro atoms. The van der Waals surface area contributed by atoms with Crippen molar-refractivity contribution in [2.75, 3.05) is 31.1 Å². The first-order valence-corrected chi connectivity index (χ1v) is 12.3. The van der Waals surface area contributed by atoms with Gasteiger partial charge in [0.1, 0.15) is 17.1 Å². The number of amides is 1. The van der Waals surface area contributed by atoms with Gasteiger partial charge in [0.05, 0.1) is 11.2 Å². The van der Waals surface area contributed by atoms with E-state index in [2.05, 4.69) is 4.90 Å². The van der Waals surface area contributed by atoms with Crippen molar-refractivity contribution in [2.24, 2.45) is 0 Å². The van der Waals surface area contributed by atoms with Gasteiger partial charge in [-0.05, 0) is 61.2 Å². The molecule has 0 saturated carbocycles. The number of halogens is 1. The number of anilines is 1. The molecule has 1 aliphatic heterocycles. The molecule has 0 aliphatic carbocycles. The summed E-state index contributed by atoms with van der Waals surface area (Å²) in [6.07, 6.45) is 0. The summed E-state index contributed by atoms with van der Waals surface area (Å²) in [7, 11) is 0. The highest BCUT2D eigenvalue weighted by Crippen LogP contribution is 2.20. The monoisotopic (exact) mass is 492 g/mol. The second-order valence-corrected chi connectivity index (χ2v) is 9.69. The minimum absolute atomic E-state index is 0.145. The number of hydrogen-bond donors (Lipinski definition) is 0. The average molecular weight is 493 g/mol. The Morgan fingerprint density at radius 3 is 2.37 bits per heavy atom. The Bertz CT molecular complexity index is 1530. The second-order valence-electron chi connectivity index (χ2n) is 8.78. The largest absolute Gasteiger partial charge is 0.368 e. The Morgan fingerprint density at radius 1 is 0.971 bits per heavy atom. The van der Waals surface area contributed by atoms with Gasteiger partial charge in [-0.1, -0.05) is 17.7 Å². The standard InChI is InChI=1S/C26H25FN4O3S/c1-17-3-8-21(18(2)15-17)31-25(33)24-22(9-14-35-24)30(26(31)34)16-23(32)29-12-10-28(11-13-29)20-6-4-19(27)5-7-20/h3-9,14-15H,10-13,16H2,1-2H3. The number of carbonyl (C=O) groups excluding carboxylic acids is 1. The first kappa shape index (κ1) is 23.0. The number of rotatable bonds is 4. The Kier molecular flexibility index (Phi) is 6.02. The van der Waals surface area contributed by atoms with Crippen molar-refractivity contribution in [2.45, 2.75) is 20.4 Å². The van der Waals surface area contributed by atoms with Crippen LogP contribution >= 0.6 is 11.3 Å². The highest BCUT2D eigenvalue weighted by atomic mass is 32.1. The topological polar surface area (TPSA) is 67.6 Å². The van der Waals surface area contributed by atoms with Crippen LogP contribution < -0.4 is 16.1 Å². The van der Waals surface area contributed by atoms with Crippen molar-refractivity contribution in [1.82, 2.24) is 14.0 Å².